The van der Waals surface area contributed by atoms with Gasteiger partial charge in [0.1, 0.15) is 0 Å². The first-order valence-electron chi connectivity index (χ1n) is 6.84. The fraction of sp³-hybridized carbons (Fsp3) is 0.533. The van der Waals surface area contributed by atoms with Crippen molar-refractivity contribution in [1.82, 2.24) is 10.2 Å². The molecule has 0 saturated heterocycles. The molecule has 0 saturated carbocycles. The highest BCUT2D eigenvalue weighted by molar-refractivity contribution is 5.84. The molecular weight excluding hydrogens is 240 g/mol. The minimum Gasteiger partial charge on any atom is -0.383 e. The average molecular weight is 262 g/mol. The molecule has 4 heteroatoms. The predicted molar refractivity (Wildman–Crippen MR) is 75.0 cm³/mol. The van der Waals surface area contributed by atoms with E-state index in [1.165, 1.54) is 11.1 Å². The summed E-state index contributed by atoms with van der Waals surface area (Å²) in [5, 5.41) is 3.33. The van der Waals surface area contributed by atoms with Crippen molar-refractivity contribution in [3.63, 3.8) is 0 Å². The van der Waals surface area contributed by atoms with Crippen LogP contribution in [0.15, 0.2) is 24.3 Å². The van der Waals surface area contributed by atoms with Crippen LogP contribution in [-0.2, 0) is 16.1 Å². The van der Waals surface area contributed by atoms with Crippen LogP contribution < -0.4 is 5.32 Å². The largest absolute Gasteiger partial charge is 0.383 e. The lowest BCUT2D eigenvalue weighted by Gasteiger charge is -2.30. The first-order valence-corrected chi connectivity index (χ1v) is 6.84. The number of nitrogens with one attached hydrogen (secondary N) is 1. The maximum atomic E-state index is 12.6. The standard InChI is InChI=1S/C15H22N2O2/c1-3-17(8-9-19-2)15(18)14-11-16-10-12-6-4-5-7-13(12)14/h4-7,14,16H,3,8-11H2,1-2H3. The molecule has 0 spiro atoms. The van der Waals surface area contributed by atoms with Crippen LogP contribution in [0.2, 0.25) is 0 Å². The van der Waals surface area contributed by atoms with E-state index >= 15 is 0 Å². The van der Waals surface area contributed by atoms with Crippen molar-refractivity contribution in [3.8, 4) is 0 Å². The molecule has 0 bridgehead atoms. The van der Waals surface area contributed by atoms with Gasteiger partial charge in [0.25, 0.3) is 0 Å². The Bertz CT molecular complexity index is 434. The Morgan fingerprint density at radius 2 is 2.26 bits per heavy atom. The summed E-state index contributed by atoms with van der Waals surface area (Å²) in [6, 6.07) is 8.20. The molecule has 1 amide bonds. The molecule has 1 aromatic rings. The van der Waals surface area contributed by atoms with E-state index in [2.05, 4.69) is 17.4 Å². The van der Waals surface area contributed by atoms with Crippen molar-refractivity contribution in [2.45, 2.75) is 19.4 Å². The van der Waals surface area contributed by atoms with Gasteiger partial charge in [-0.2, -0.15) is 0 Å². The molecule has 104 valence electrons. The van der Waals surface area contributed by atoms with Gasteiger partial charge in [-0.3, -0.25) is 4.79 Å². The molecule has 2 rings (SSSR count). The van der Waals surface area contributed by atoms with Crippen molar-refractivity contribution in [2.75, 3.05) is 33.4 Å². The number of benzene rings is 1. The van der Waals surface area contributed by atoms with Gasteiger partial charge in [-0.15, -0.1) is 0 Å². The number of rotatable bonds is 5. The SMILES string of the molecule is CCN(CCOC)C(=O)C1CNCc2ccccc21. The van der Waals surface area contributed by atoms with Gasteiger partial charge in [-0.1, -0.05) is 24.3 Å². The molecule has 0 fully saturated rings. The zero-order chi connectivity index (χ0) is 13.7. The summed E-state index contributed by atoms with van der Waals surface area (Å²) < 4.78 is 5.07. The van der Waals surface area contributed by atoms with Crippen LogP contribution >= 0.6 is 0 Å². The molecule has 4 nitrogen and oxygen atoms in total. The molecule has 0 aliphatic carbocycles. The summed E-state index contributed by atoms with van der Waals surface area (Å²) in [6.45, 7) is 5.55. The summed E-state index contributed by atoms with van der Waals surface area (Å²) in [6.07, 6.45) is 0. The van der Waals surface area contributed by atoms with E-state index in [-0.39, 0.29) is 11.8 Å². The highest BCUT2D eigenvalue weighted by Crippen LogP contribution is 2.25. The summed E-state index contributed by atoms with van der Waals surface area (Å²) in [7, 11) is 1.66. The van der Waals surface area contributed by atoms with Crippen LogP contribution in [0.5, 0.6) is 0 Å². The second kappa shape index (κ2) is 6.68. The summed E-state index contributed by atoms with van der Waals surface area (Å²) in [5.74, 6) is 0.126. The monoisotopic (exact) mass is 262 g/mol. The Morgan fingerprint density at radius 1 is 1.47 bits per heavy atom. The van der Waals surface area contributed by atoms with Crippen LogP contribution in [0.3, 0.4) is 0 Å². The van der Waals surface area contributed by atoms with Crippen LogP contribution in [-0.4, -0.2) is 44.2 Å². The van der Waals surface area contributed by atoms with Crippen LogP contribution in [0.1, 0.15) is 24.0 Å². The molecule has 0 aromatic heterocycles. The number of carbonyl (C=O) groups excluding carboxylic acids is 1. The maximum Gasteiger partial charge on any atom is 0.231 e. The van der Waals surface area contributed by atoms with Gasteiger partial charge < -0.3 is 15.0 Å². The van der Waals surface area contributed by atoms with Crippen LogP contribution in [0, 0.1) is 0 Å². The minimum atomic E-state index is -0.0678. The zero-order valence-corrected chi connectivity index (χ0v) is 11.7. The third kappa shape index (κ3) is 3.14. The fourth-order valence-corrected chi connectivity index (χ4v) is 2.56. The summed E-state index contributed by atoms with van der Waals surface area (Å²) >= 11 is 0. The fourth-order valence-electron chi connectivity index (χ4n) is 2.56. The lowest BCUT2D eigenvalue weighted by atomic mass is 9.90. The molecule has 1 atom stereocenters. The van der Waals surface area contributed by atoms with Gasteiger partial charge in [-0.05, 0) is 18.1 Å². The number of ether oxygens (including phenoxy) is 1. The number of likely N-dealkylation sites (N-methyl/N-ethyl adjacent to an activating group) is 1. The molecular formula is C15H22N2O2. The second-order valence-corrected chi connectivity index (χ2v) is 4.79. The van der Waals surface area contributed by atoms with Gasteiger partial charge in [0, 0.05) is 33.3 Å². The summed E-state index contributed by atoms with van der Waals surface area (Å²) in [5.41, 5.74) is 2.40. The van der Waals surface area contributed by atoms with Crippen molar-refractivity contribution in [1.29, 1.82) is 0 Å². The first kappa shape index (κ1) is 14.0. The first-order chi connectivity index (χ1) is 9.27. The van der Waals surface area contributed by atoms with Crippen LogP contribution in [0.25, 0.3) is 0 Å². The van der Waals surface area contributed by atoms with Crippen molar-refractivity contribution >= 4 is 5.91 Å². The number of nitrogens with zero attached hydrogens (tertiary/aromatic N) is 1. The Hall–Kier alpha value is -1.39. The number of amides is 1. The van der Waals surface area contributed by atoms with E-state index < -0.39 is 0 Å². The van der Waals surface area contributed by atoms with E-state index in [9.17, 15) is 4.79 Å². The zero-order valence-electron chi connectivity index (χ0n) is 11.7. The molecule has 0 radical (unpaired) electrons. The quantitative estimate of drug-likeness (QED) is 0.871. The van der Waals surface area contributed by atoms with Gasteiger partial charge >= 0.3 is 0 Å². The third-order valence-electron chi connectivity index (χ3n) is 3.65. The minimum absolute atomic E-state index is 0.0678. The number of carbonyl (C=O) groups is 1. The number of hydrogen-bond donors (Lipinski definition) is 1. The highest BCUT2D eigenvalue weighted by atomic mass is 16.5. The van der Waals surface area contributed by atoms with E-state index in [1.54, 1.807) is 7.11 Å². The van der Waals surface area contributed by atoms with Crippen LogP contribution in [0.4, 0.5) is 0 Å². The van der Waals surface area contributed by atoms with Crippen molar-refractivity contribution < 1.29 is 9.53 Å². The Morgan fingerprint density at radius 3 is 3.00 bits per heavy atom. The van der Waals surface area contributed by atoms with Crippen molar-refractivity contribution in [3.05, 3.63) is 35.4 Å². The van der Waals surface area contributed by atoms with Gasteiger partial charge in [0.2, 0.25) is 5.91 Å². The molecule has 19 heavy (non-hydrogen) atoms. The maximum absolute atomic E-state index is 12.6. The smallest absolute Gasteiger partial charge is 0.231 e. The lowest BCUT2D eigenvalue weighted by Crippen LogP contribution is -2.42. The lowest BCUT2D eigenvalue weighted by molar-refractivity contribution is -0.133. The van der Waals surface area contributed by atoms with Gasteiger partial charge in [-0.25, -0.2) is 0 Å². The molecule has 1 N–H and O–H groups in total. The molecule has 1 aliphatic rings. The van der Waals surface area contributed by atoms with E-state index in [4.69, 9.17) is 4.74 Å². The Kier molecular flexibility index (Phi) is 4.93. The number of fused-ring (bicyclic) bond motifs is 1. The second-order valence-electron chi connectivity index (χ2n) is 4.79. The van der Waals surface area contributed by atoms with Gasteiger partial charge in [0.15, 0.2) is 0 Å². The summed E-state index contributed by atoms with van der Waals surface area (Å²) in [4.78, 5) is 14.5. The van der Waals surface area contributed by atoms with Crippen molar-refractivity contribution in [2.24, 2.45) is 0 Å². The highest BCUT2D eigenvalue weighted by Gasteiger charge is 2.28. The molecule has 1 unspecified atom stereocenters. The van der Waals surface area contributed by atoms with E-state index in [0.29, 0.717) is 13.2 Å². The van der Waals surface area contributed by atoms with Gasteiger partial charge in [0.05, 0.1) is 12.5 Å². The topological polar surface area (TPSA) is 41.6 Å². The third-order valence-corrected chi connectivity index (χ3v) is 3.65. The molecule has 1 aromatic carbocycles. The van der Waals surface area contributed by atoms with E-state index in [1.807, 2.05) is 24.0 Å². The number of hydrogen-bond acceptors (Lipinski definition) is 3. The number of methoxy groups -OCH3 is 1. The molecule has 1 aliphatic heterocycles. The molecule has 1 heterocycles. The predicted octanol–water partition coefficient (Wildman–Crippen LogP) is 1.37. The normalized spacial score (nSPS) is 17.9. The Labute approximate surface area is 114 Å². The average Bonchev–Trinajstić information content (AvgIpc) is 2.47. The van der Waals surface area contributed by atoms with E-state index in [0.717, 1.165) is 19.6 Å². The Balaban J connectivity index is 2.15.